The Balaban J connectivity index is 0. The van der Waals surface area contributed by atoms with Crippen LogP contribution >= 0.6 is 24.8 Å². The van der Waals surface area contributed by atoms with Gasteiger partial charge in [0, 0.05) is 26.2 Å². The molecular formula is C12H27Cl2N3O. The molecule has 110 valence electrons. The Morgan fingerprint density at radius 3 is 2.17 bits per heavy atom. The summed E-state index contributed by atoms with van der Waals surface area (Å²) in [7, 11) is 0. The van der Waals surface area contributed by atoms with Crippen LogP contribution in [0.2, 0.25) is 0 Å². The van der Waals surface area contributed by atoms with E-state index in [9.17, 15) is 4.79 Å². The summed E-state index contributed by atoms with van der Waals surface area (Å²) in [6, 6.07) is -0.0341. The summed E-state index contributed by atoms with van der Waals surface area (Å²) in [5, 5.41) is 3.25. The molecule has 1 heterocycles. The molecule has 1 fully saturated rings. The number of amides is 1. The van der Waals surface area contributed by atoms with Gasteiger partial charge in [0.25, 0.3) is 0 Å². The topological polar surface area (TPSA) is 35.6 Å². The molecule has 1 unspecified atom stereocenters. The SMILES string of the molecule is CCCNC(C)C(=O)N1CCN(CC)CC1.Cl.Cl. The van der Waals surface area contributed by atoms with E-state index < -0.39 is 0 Å². The number of hydrogen-bond acceptors (Lipinski definition) is 3. The summed E-state index contributed by atoms with van der Waals surface area (Å²) in [6.45, 7) is 12.0. The fourth-order valence-corrected chi connectivity index (χ4v) is 2.01. The molecule has 0 radical (unpaired) electrons. The zero-order valence-corrected chi connectivity index (χ0v) is 13.3. The van der Waals surface area contributed by atoms with Crippen molar-refractivity contribution in [2.24, 2.45) is 0 Å². The van der Waals surface area contributed by atoms with Crippen LogP contribution in [0.1, 0.15) is 27.2 Å². The maximum atomic E-state index is 12.0. The highest BCUT2D eigenvalue weighted by atomic mass is 35.5. The molecule has 0 spiro atoms. The summed E-state index contributed by atoms with van der Waals surface area (Å²) < 4.78 is 0. The molecule has 1 aliphatic heterocycles. The van der Waals surface area contributed by atoms with E-state index in [1.165, 1.54) is 0 Å². The van der Waals surface area contributed by atoms with Crippen molar-refractivity contribution in [1.29, 1.82) is 0 Å². The van der Waals surface area contributed by atoms with E-state index in [0.29, 0.717) is 0 Å². The van der Waals surface area contributed by atoms with Crippen LogP contribution in [-0.2, 0) is 4.79 Å². The van der Waals surface area contributed by atoms with Crippen molar-refractivity contribution in [3.05, 3.63) is 0 Å². The number of likely N-dealkylation sites (N-methyl/N-ethyl adjacent to an activating group) is 1. The fourth-order valence-electron chi connectivity index (χ4n) is 2.01. The number of hydrogen-bond donors (Lipinski definition) is 1. The molecule has 1 saturated heterocycles. The lowest BCUT2D eigenvalue weighted by molar-refractivity contribution is -0.134. The third-order valence-corrected chi connectivity index (χ3v) is 3.20. The first-order chi connectivity index (χ1) is 7.69. The Bertz CT molecular complexity index is 221. The van der Waals surface area contributed by atoms with E-state index in [1.807, 2.05) is 11.8 Å². The second-order valence-electron chi connectivity index (χ2n) is 4.44. The summed E-state index contributed by atoms with van der Waals surface area (Å²) in [4.78, 5) is 16.4. The van der Waals surface area contributed by atoms with Gasteiger partial charge >= 0.3 is 0 Å². The van der Waals surface area contributed by atoms with E-state index in [-0.39, 0.29) is 36.8 Å². The molecule has 1 rings (SSSR count). The van der Waals surface area contributed by atoms with Crippen LogP contribution in [0.25, 0.3) is 0 Å². The molecule has 4 nitrogen and oxygen atoms in total. The summed E-state index contributed by atoms with van der Waals surface area (Å²) in [6.07, 6.45) is 1.07. The lowest BCUT2D eigenvalue weighted by Gasteiger charge is -2.35. The van der Waals surface area contributed by atoms with Crippen molar-refractivity contribution < 1.29 is 4.79 Å². The molecule has 1 atom stereocenters. The molecular weight excluding hydrogens is 273 g/mol. The van der Waals surface area contributed by atoms with Gasteiger partial charge in [0.05, 0.1) is 6.04 Å². The van der Waals surface area contributed by atoms with Crippen LogP contribution in [0, 0.1) is 0 Å². The number of halogens is 2. The van der Waals surface area contributed by atoms with Crippen molar-refractivity contribution in [2.75, 3.05) is 39.3 Å². The minimum absolute atomic E-state index is 0. The van der Waals surface area contributed by atoms with Gasteiger partial charge < -0.3 is 15.1 Å². The van der Waals surface area contributed by atoms with Gasteiger partial charge in [-0.05, 0) is 26.4 Å². The normalized spacial score (nSPS) is 17.6. The van der Waals surface area contributed by atoms with E-state index in [2.05, 4.69) is 24.1 Å². The number of piperazine rings is 1. The molecule has 1 aliphatic rings. The van der Waals surface area contributed by atoms with Crippen LogP contribution in [0.3, 0.4) is 0 Å². The zero-order chi connectivity index (χ0) is 12.0. The highest BCUT2D eigenvalue weighted by Crippen LogP contribution is 2.03. The van der Waals surface area contributed by atoms with E-state index in [4.69, 9.17) is 0 Å². The van der Waals surface area contributed by atoms with Crippen LogP contribution in [0.15, 0.2) is 0 Å². The maximum Gasteiger partial charge on any atom is 0.239 e. The molecule has 18 heavy (non-hydrogen) atoms. The van der Waals surface area contributed by atoms with Crippen LogP contribution in [0.4, 0.5) is 0 Å². The van der Waals surface area contributed by atoms with Crippen LogP contribution in [-0.4, -0.2) is 61.0 Å². The maximum absolute atomic E-state index is 12.0. The number of rotatable bonds is 5. The van der Waals surface area contributed by atoms with Gasteiger partial charge in [-0.3, -0.25) is 4.79 Å². The van der Waals surface area contributed by atoms with Gasteiger partial charge in [-0.2, -0.15) is 0 Å². The monoisotopic (exact) mass is 299 g/mol. The average Bonchev–Trinajstić information content (AvgIpc) is 2.35. The third-order valence-electron chi connectivity index (χ3n) is 3.20. The first-order valence-corrected chi connectivity index (χ1v) is 6.43. The minimum Gasteiger partial charge on any atom is -0.339 e. The van der Waals surface area contributed by atoms with Gasteiger partial charge in [-0.25, -0.2) is 0 Å². The summed E-state index contributed by atoms with van der Waals surface area (Å²) in [5.74, 6) is 0.254. The molecule has 0 aromatic heterocycles. The van der Waals surface area contributed by atoms with Crippen molar-refractivity contribution in [2.45, 2.75) is 33.2 Å². The molecule has 0 aliphatic carbocycles. The Kier molecular flexibility index (Phi) is 12.2. The molecule has 0 bridgehead atoms. The lowest BCUT2D eigenvalue weighted by atomic mass is 10.2. The predicted octanol–water partition coefficient (Wildman–Crippen LogP) is 1.38. The summed E-state index contributed by atoms with van der Waals surface area (Å²) in [5.41, 5.74) is 0. The third kappa shape index (κ3) is 6.23. The Morgan fingerprint density at radius 1 is 1.17 bits per heavy atom. The van der Waals surface area contributed by atoms with Crippen LogP contribution in [0.5, 0.6) is 0 Å². The second-order valence-corrected chi connectivity index (χ2v) is 4.44. The number of carbonyl (C=O) groups excluding carboxylic acids is 1. The lowest BCUT2D eigenvalue weighted by Crippen LogP contribution is -2.53. The van der Waals surface area contributed by atoms with E-state index in [1.54, 1.807) is 0 Å². The van der Waals surface area contributed by atoms with Gasteiger partial charge in [0.15, 0.2) is 0 Å². The van der Waals surface area contributed by atoms with Crippen molar-refractivity contribution in [3.8, 4) is 0 Å². The first kappa shape index (κ1) is 20.3. The Morgan fingerprint density at radius 2 is 1.72 bits per heavy atom. The van der Waals surface area contributed by atoms with Gasteiger partial charge in [-0.1, -0.05) is 13.8 Å². The standard InChI is InChI=1S/C12H25N3O.2ClH/c1-4-6-13-11(3)12(16)15-9-7-14(5-2)8-10-15;;/h11,13H,4-10H2,1-3H3;2*1H. The quantitative estimate of drug-likeness (QED) is 0.833. The van der Waals surface area contributed by atoms with Crippen molar-refractivity contribution >= 4 is 30.7 Å². The average molecular weight is 300 g/mol. The number of nitrogens with one attached hydrogen (secondary N) is 1. The smallest absolute Gasteiger partial charge is 0.239 e. The summed E-state index contributed by atoms with van der Waals surface area (Å²) >= 11 is 0. The second kappa shape index (κ2) is 10.9. The van der Waals surface area contributed by atoms with Gasteiger partial charge in [0.2, 0.25) is 5.91 Å². The molecule has 1 amide bonds. The Hall–Kier alpha value is -0.0300. The molecule has 0 saturated carbocycles. The first-order valence-electron chi connectivity index (χ1n) is 6.43. The van der Waals surface area contributed by atoms with Crippen molar-refractivity contribution in [3.63, 3.8) is 0 Å². The van der Waals surface area contributed by atoms with Gasteiger partial charge in [0.1, 0.15) is 0 Å². The minimum atomic E-state index is -0.0341. The molecule has 0 aromatic carbocycles. The molecule has 6 heteroatoms. The fraction of sp³-hybridized carbons (Fsp3) is 0.917. The highest BCUT2D eigenvalue weighted by molar-refractivity contribution is 5.85. The van der Waals surface area contributed by atoms with Crippen molar-refractivity contribution in [1.82, 2.24) is 15.1 Å². The van der Waals surface area contributed by atoms with E-state index >= 15 is 0 Å². The molecule has 0 aromatic rings. The zero-order valence-electron chi connectivity index (χ0n) is 11.6. The van der Waals surface area contributed by atoms with Crippen LogP contribution < -0.4 is 5.32 Å². The largest absolute Gasteiger partial charge is 0.339 e. The van der Waals surface area contributed by atoms with E-state index in [0.717, 1.165) is 45.7 Å². The molecule has 1 N–H and O–H groups in total. The highest BCUT2D eigenvalue weighted by Gasteiger charge is 2.23. The number of carbonyl (C=O) groups is 1. The predicted molar refractivity (Wildman–Crippen MR) is 80.9 cm³/mol. The Labute approximate surface area is 123 Å². The number of nitrogens with zero attached hydrogens (tertiary/aromatic N) is 2. The van der Waals surface area contributed by atoms with Gasteiger partial charge in [-0.15, -0.1) is 24.8 Å².